The molecular formula is C10H19N5. The Hall–Kier alpha value is -0.970. The fraction of sp³-hybridized carbons (Fsp3) is 0.900. The van der Waals surface area contributed by atoms with Crippen molar-refractivity contribution in [2.24, 2.45) is 5.41 Å². The van der Waals surface area contributed by atoms with E-state index in [9.17, 15) is 0 Å². The van der Waals surface area contributed by atoms with Gasteiger partial charge in [0.15, 0.2) is 5.82 Å². The fourth-order valence-corrected chi connectivity index (χ4v) is 1.79. The van der Waals surface area contributed by atoms with E-state index in [0.29, 0.717) is 5.92 Å². The molecule has 2 rings (SSSR count). The van der Waals surface area contributed by atoms with Crippen LogP contribution in [0.5, 0.6) is 0 Å². The highest BCUT2D eigenvalue weighted by molar-refractivity contribution is 4.96. The first-order chi connectivity index (χ1) is 7.04. The molecule has 1 unspecified atom stereocenters. The molecule has 1 aliphatic heterocycles. The number of nitrogens with zero attached hydrogens (tertiary/aromatic N) is 4. The lowest BCUT2D eigenvalue weighted by atomic mass is 9.97. The van der Waals surface area contributed by atoms with E-state index in [1.807, 2.05) is 0 Å². The number of nitrogens with one attached hydrogen (secondary N) is 1. The van der Waals surface area contributed by atoms with Crippen molar-refractivity contribution in [3.8, 4) is 0 Å². The Balaban J connectivity index is 2.03. The lowest BCUT2D eigenvalue weighted by Crippen LogP contribution is -2.18. The Kier molecular flexibility index (Phi) is 2.73. The molecule has 5 heteroatoms. The van der Waals surface area contributed by atoms with Gasteiger partial charge in [0, 0.05) is 12.5 Å². The number of hydrogen-bond acceptors (Lipinski definition) is 4. The summed E-state index contributed by atoms with van der Waals surface area (Å²) in [7, 11) is 0. The van der Waals surface area contributed by atoms with Crippen molar-refractivity contribution in [1.29, 1.82) is 0 Å². The predicted octanol–water partition coefficient (Wildman–Crippen LogP) is 0.796. The first kappa shape index (κ1) is 10.5. The highest BCUT2D eigenvalue weighted by Crippen LogP contribution is 2.19. The lowest BCUT2D eigenvalue weighted by Gasteiger charge is -2.15. The standard InChI is InChI=1S/C10H19N5/c1-10(2,3)7-15-13-9(12-14-15)8-4-5-11-6-8/h8,11H,4-7H2,1-3H3. The van der Waals surface area contributed by atoms with E-state index >= 15 is 0 Å². The van der Waals surface area contributed by atoms with Crippen LogP contribution in [0.15, 0.2) is 0 Å². The third-order valence-corrected chi connectivity index (χ3v) is 2.51. The summed E-state index contributed by atoms with van der Waals surface area (Å²) < 4.78 is 0. The summed E-state index contributed by atoms with van der Waals surface area (Å²) in [5, 5.41) is 16.0. The molecule has 84 valence electrons. The molecule has 15 heavy (non-hydrogen) atoms. The molecule has 0 radical (unpaired) electrons. The van der Waals surface area contributed by atoms with Crippen LogP contribution in [0, 0.1) is 5.41 Å². The van der Waals surface area contributed by atoms with Gasteiger partial charge in [-0.3, -0.25) is 0 Å². The van der Waals surface area contributed by atoms with Crippen molar-refractivity contribution >= 4 is 0 Å². The molecule has 1 aromatic heterocycles. The second kappa shape index (κ2) is 3.89. The van der Waals surface area contributed by atoms with Gasteiger partial charge in [0.2, 0.25) is 0 Å². The van der Waals surface area contributed by atoms with Crippen molar-refractivity contribution in [3.63, 3.8) is 0 Å². The van der Waals surface area contributed by atoms with E-state index in [2.05, 4.69) is 41.5 Å². The van der Waals surface area contributed by atoms with Crippen molar-refractivity contribution in [2.45, 2.75) is 39.7 Å². The highest BCUT2D eigenvalue weighted by Gasteiger charge is 2.22. The molecule has 1 fully saturated rings. The van der Waals surface area contributed by atoms with Gasteiger partial charge in [0.05, 0.1) is 6.54 Å². The molecule has 1 aliphatic rings. The summed E-state index contributed by atoms with van der Waals surface area (Å²) in [4.78, 5) is 1.72. The van der Waals surface area contributed by atoms with Gasteiger partial charge in [-0.25, -0.2) is 0 Å². The molecule has 0 amide bonds. The minimum absolute atomic E-state index is 0.200. The Bertz CT molecular complexity index is 319. The molecule has 1 saturated heterocycles. The number of hydrogen-bond donors (Lipinski definition) is 1. The van der Waals surface area contributed by atoms with Gasteiger partial charge in [-0.2, -0.15) is 4.80 Å². The van der Waals surface area contributed by atoms with Crippen LogP contribution in [0.4, 0.5) is 0 Å². The van der Waals surface area contributed by atoms with E-state index in [4.69, 9.17) is 0 Å². The van der Waals surface area contributed by atoms with Gasteiger partial charge in [0.1, 0.15) is 0 Å². The number of rotatable bonds is 2. The van der Waals surface area contributed by atoms with E-state index < -0.39 is 0 Å². The summed E-state index contributed by atoms with van der Waals surface area (Å²) in [6, 6.07) is 0. The smallest absolute Gasteiger partial charge is 0.179 e. The number of tetrazole rings is 1. The Morgan fingerprint density at radius 1 is 1.47 bits per heavy atom. The largest absolute Gasteiger partial charge is 0.316 e. The van der Waals surface area contributed by atoms with E-state index in [-0.39, 0.29) is 5.41 Å². The monoisotopic (exact) mass is 209 g/mol. The van der Waals surface area contributed by atoms with Gasteiger partial charge in [-0.15, -0.1) is 10.2 Å². The second-order valence-corrected chi connectivity index (χ2v) is 5.43. The first-order valence-electron chi connectivity index (χ1n) is 5.53. The zero-order valence-electron chi connectivity index (χ0n) is 9.69. The van der Waals surface area contributed by atoms with Crippen molar-refractivity contribution in [3.05, 3.63) is 5.82 Å². The third kappa shape index (κ3) is 2.75. The molecule has 2 heterocycles. The van der Waals surface area contributed by atoms with Gasteiger partial charge in [-0.1, -0.05) is 20.8 Å². The number of aromatic nitrogens is 4. The van der Waals surface area contributed by atoms with Crippen molar-refractivity contribution in [2.75, 3.05) is 13.1 Å². The molecule has 5 nitrogen and oxygen atoms in total. The molecule has 0 spiro atoms. The molecule has 1 aromatic rings. The molecule has 0 aromatic carbocycles. The first-order valence-corrected chi connectivity index (χ1v) is 5.53. The van der Waals surface area contributed by atoms with Gasteiger partial charge < -0.3 is 5.32 Å². The van der Waals surface area contributed by atoms with Crippen LogP contribution < -0.4 is 5.32 Å². The average Bonchev–Trinajstić information content (AvgIpc) is 2.68. The summed E-state index contributed by atoms with van der Waals surface area (Å²) in [5.41, 5.74) is 0.200. The maximum Gasteiger partial charge on any atom is 0.179 e. The molecule has 0 saturated carbocycles. The zero-order valence-corrected chi connectivity index (χ0v) is 9.69. The molecular weight excluding hydrogens is 190 g/mol. The maximum absolute atomic E-state index is 4.43. The Morgan fingerprint density at radius 3 is 2.87 bits per heavy atom. The van der Waals surface area contributed by atoms with Crippen molar-refractivity contribution in [1.82, 2.24) is 25.5 Å². The molecule has 1 N–H and O–H groups in total. The molecule has 0 bridgehead atoms. The maximum atomic E-state index is 4.43. The minimum atomic E-state index is 0.200. The topological polar surface area (TPSA) is 55.6 Å². The Morgan fingerprint density at radius 2 is 2.27 bits per heavy atom. The molecule has 1 atom stereocenters. The summed E-state index contributed by atoms with van der Waals surface area (Å²) in [5.74, 6) is 1.35. The minimum Gasteiger partial charge on any atom is -0.316 e. The van der Waals surface area contributed by atoms with Crippen LogP contribution in [0.2, 0.25) is 0 Å². The predicted molar refractivity (Wildman–Crippen MR) is 57.5 cm³/mol. The Labute approximate surface area is 90.2 Å². The van der Waals surface area contributed by atoms with E-state index in [0.717, 1.165) is 31.9 Å². The van der Waals surface area contributed by atoms with Crippen LogP contribution in [0.25, 0.3) is 0 Å². The average molecular weight is 209 g/mol. The van der Waals surface area contributed by atoms with Crippen LogP contribution >= 0.6 is 0 Å². The highest BCUT2D eigenvalue weighted by atomic mass is 15.6. The van der Waals surface area contributed by atoms with Crippen molar-refractivity contribution < 1.29 is 0 Å². The van der Waals surface area contributed by atoms with Gasteiger partial charge in [-0.05, 0) is 23.6 Å². The van der Waals surface area contributed by atoms with Crippen LogP contribution in [0.3, 0.4) is 0 Å². The lowest BCUT2D eigenvalue weighted by molar-refractivity contribution is 0.299. The fourth-order valence-electron chi connectivity index (χ4n) is 1.79. The third-order valence-electron chi connectivity index (χ3n) is 2.51. The van der Waals surface area contributed by atoms with Gasteiger partial charge in [0.25, 0.3) is 0 Å². The summed E-state index contributed by atoms with van der Waals surface area (Å²) in [6.07, 6.45) is 1.13. The summed E-state index contributed by atoms with van der Waals surface area (Å²) in [6.45, 7) is 9.40. The summed E-state index contributed by atoms with van der Waals surface area (Å²) >= 11 is 0. The second-order valence-electron chi connectivity index (χ2n) is 5.43. The van der Waals surface area contributed by atoms with Crippen LogP contribution in [0.1, 0.15) is 38.9 Å². The molecule has 0 aliphatic carbocycles. The van der Waals surface area contributed by atoms with E-state index in [1.54, 1.807) is 4.80 Å². The van der Waals surface area contributed by atoms with Gasteiger partial charge >= 0.3 is 0 Å². The quantitative estimate of drug-likeness (QED) is 0.782. The van der Waals surface area contributed by atoms with Crippen LogP contribution in [-0.2, 0) is 6.54 Å². The SMILES string of the molecule is CC(C)(C)Cn1nnc(C2CCNC2)n1. The zero-order chi connectivity index (χ0) is 10.9. The normalized spacial score (nSPS) is 22.2. The van der Waals surface area contributed by atoms with E-state index in [1.165, 1.54) is 0 Å². The van der Waals surface area contributed by atoms with Crippen LogP contribution in [-0.4, -0.2) is 33.3 Å².